The second-order valence-electron chi connectivity index (χ2n) is 4.89. The Morgan fingerprint density at radius 2 is 2.19 bits per heavy atom. The first-order chi connectivity index (χ1) is 10.2. The second-order valence-corrected chi connectivity index (χ2v) is 5.93. The van der Waals surface area contributed by atoms with E-state index in [0.29, 0.717) is 12.1 Å². The van der Waals surface area contributed by atoms with Gasteiger partial charge in [-0.25, -0.2) is 4.98 Å². The highest BCUT2D eigenvalue weighted by Crippen LogP contribution is 2.11. The highest BCUT2D eigenvalue weighted by atomic mass is 32.1. The number of hydrogen-bond acceptors (Lipinski definition) is 4. The third kappa shape index (κ3) is 4.86. The first-order valence-electron chi connectivity index (χ1n) is 7.22. The number of amides is 1. The molecule has 5 heteroatoms. The van der Waals surface area contributed by atoms with Gasteiger partial charge in [0.1, 0.15) is 5.82 Å². The zero-order valence-corrected chi connectivity index (χ0v) is 13.3. The van der Waals surface area contributed by atoms with Gasteiger partial charge in [0.2, 0.25) is 0 Å². The fourth-order valence-corrected chi connectivity index (χ4v) is 2.71. The number of hydrogen-bond donors (Lipinski definition) is 2. The summed E-state index contributed by atoms with van der Waals surface area (Å²) >= 11 is 1.71. The number of rotatable bonds is 7. The van der Waals surface area contributed by atoms with Crippen molar-refractivity contribution in [1.82, 2.24) is 10.3 Å². The molecule has 2 aromatic rings. The smallest absolute Gasteiger partial charge is 0.251 e. The van der Waals surface area contributed by atoms with E-state index in [0.717, 1.165) is 30.9 Å². The number of carbonyl (C=O) groups is 1. The molecule has 0 radical (unpaired) electrons. The lowest BCUT2D eigenvalue weighted by Crippen LogP contribution is -2.25. The van der Waals surface area contributed by atoms with E-state index in [1.807, 2.05) is 25.1 Å². The summed E-state index contributed by atoms with van der Waals surface area (Å²) in [5.74, 6) is 0.719. The van der Waals surface area contributed by atoms with Gasteiger partial charge in [0.15, 0.2) is 0 Å². The number of thiophene rings is 1. The van der Waals surface area contributed by atoms with Gasteiger partial charge in [-0.2, -0.15) is 0 Å². The Hall–Kier alpha value is -1.88. The summed E-state index contributed by atoms with van der Waals surface area (Å²) in [4.78, 5) is 17.9. The van der Waals surface area contributed by atoms with Gasteiger partial charge in [0, 0.05) is 29.2 Å². The van der Waals surface area contributed by atoms with E-state index in [2.05, 4.69) is 34.0 Å². The molecule has 1 amide bonds. The Morgan fingerprint density at radius 3 is 2.90 bits per heavy atom. The minimum atomic E-state index is -0.0448. The molecule has 2 N–H and O–H groups in total. The summed E-state index contributed by atoms with van der Waals surface area (Å²) in [6, 6.07) is 7.74. The number of pyridine rings is 1. The van der Waals surface area contributed by atoms with Gasteiger partial charge in [-0.1, -0.05) is 13.0 Å². The topological polar surface area (TPSA) is 54.0 Å². The van der Waals surface area contributed by atoms with Gasteiger partial charge in [-0.15, -0.1) is 11.3 Å². The molecular weight excluding hydrogens is 282 g/mol. The maximum Gasteiger partial charge on any atom is 0.251 e. The molecule has 0 bridgehead atoms. The Morgan fingerprint density at radius 1 is 1.33 bits per heavy atom. The number of nitrogens with zero attached hydrogens (tertiary/aromatic N) is 1. The molecule has 0 aromatic carbocycles. The van der Waals surface area contributed by atoms with Gasteiger partial charge in [-0.05, 0) is 43.3 Å². The standard InChI is InChI=1S/C16H21N3OS/c1-3-7-17-15-11-13(10-12(2)19-15)16(20)18-8-6-14-5-4-9-21-14/h4-5,9-11H,3,6-8H2,1-2H3,(H,17,19)(H,18,20). The van der Waals surface area contributed by atoms with E-state index in [9.17, 15) is 4.79 Å². The average molecular weight is 303 g/mol. The number of aryl methyl sites for hydroxylation is 1. The van der Waals surface area contributed by atoms with Crippen LogP contribution in [0.3, 0.4) is 0 Å². The molecule has 2 aromatic heterocycles. The van der Waals surface area contributed by atoms with Gasteiger partial charge in [0.05, 0.1) is 0 Å². The minimum Gasteiger partial charge on any atom is -0.370 e. The van der Waals surface area contributed by atoms with E-state index >= 15 is 0 Å². The molecule has 2 heterocycles. The van der Waals surface area contributed by atoms with Gasteiger partial charge in [0.25, 0.3) is 5.91 Å². The molecule has 0 aliphatic heterocycles. The van der Waals surface area contributed by atoms with Crippen molar-refractivity contribution < 1.29 is 4.79 Å². The molecule has 0 aliphatic rings. The van der Waals surface area contributed by atoms with E-state index in [1.165, 1.54) is 4.88 Å². The van der Waals surface area contributed by atoms with Crippen LogP contribution in [0.25, 0.3) is 0 Å². The molecule has 2 rings (SSSR count). The van der Waals surface area contributed by atoms with Crippen LogP contribution in [0, 0.1) is 6.92 Å². The molecule has 0 saturated heterocycles. The van der Waals surface area contributed by atoms with E-state index in [4.69, 9.17) is 0 Å². The zero-order valence-electron chi connectivity index (χ0n) is 12.5. The predicted octanol–water partition coefficient (Wildman–Crippen LogP) is 3.25. The van der Waals surface area contributed by atoms with E-state index in [-0.39, 0.29) is 5.91 Å². The van der Waals surface area contributed by atoms with Crippen LogP contribution in [0.4, 0.5) is 5.82 Å². The normalized spacial score (nSPS) is 10.4. The Kier molecular flexibility index (Phi) is 5.75. The van der Waals surface area contributed by atoms with Crippen LogP contribution in [0.15, 0.2) is 29.6 Å². The molecule has 0 spiro atoms. The van der Waals surface area contributed by atoms with Crippen molar-refractivity contribution in [2.24, 2.45) is 0 Å². The van der Waals surface area contributed by atoms with Crippen LogP contribution in [-0.2, 0) is 6.42 Å². The lowest BCUT2D eigenvalue weighted by molar-refractivity contribution is 0.0954. The monoisotopic (exact) mass is 303 g/mol. The Labute approximate surface area is 129 Å². The van der Waals surface area contributed by atoms with Crippen LogP contribution >= 0.6 is 11.3 Å². The van der Waals surface area contributed by atoms with Crippen LogP contribution < -0.4 is 10.6 Å². The van der Waals surface area contributed by atoms with Crippen molar-refractivity contribution in [1.29, 1.82) is 0 Å². The van der Waals surface area contributed by atoms with E-state index in [1.54, 1.807) is 11.3 Å². The molecule has 112 valence electrons. The van der Waals surface area contributed by atoms with Crippen LogP contribution in [0.2, 0.25) is 0 Å². The molecule has 21 heavy (non-hydrogen) atoms. The number of nitrogens with one attached hydrogen (secondary N) is 2. The van der Waals surface area contributed by atoms with Crippen LogP contribution in [-0.4, -0.2) is 24.0 Å². The summed E-state index contributed by atoms with van der Waals surface area (Å²) < 4.78 is 0. The second kappa shape index (κ2) is 7.78. The Bertz CT molecular complexity index is 581. The van der Waals surface area contributed by atoms with Crippen molar-refractivity contribution in [2.75, 3.05) is 18.4 Å². The molecular formula is C16H21N3OS. The third-order valence-electron chi connectivity index (χ3n) is 3.01. The molecule has 0 fully saturated rings. The SMILES string of the molecule is CCCNc1cc(C(=O)NCCc2cccs2)cc(C)n1. The third-order valence-corrected chi connectivity index (χ3v) is 3.94. The van der Waals surface area contributed by atoms with Gasteiger partial charge >= 0.3 is 0 Å². The van der Waals surface area contributed by atoms with Crippen LogP contribution in [0.5, 0.6) is 0 Å². The summed E-state index contributed by atoms with van der Waals surface area (Å²) in [6.07, 6.45) is 1.90. The highest BCUT2D eigenvalue weighted by Gasteiger charge is 2.08. The first kappa shape index (κ1) is 15.5. The number of anilines is 1. The maximum absolute atomic E-state index is 12.2. The van der Waals surface area contributed by atoms with E-state index < -0.39 is 0 Å². The highest BCUT2D eigenvalue weighted by molar-refractivity contribution is 7.09. The van der Waals surface area contributed by atoms with Crippen molar-refractivity contribution >= 4 is 23.1 Å². The maximum atomic E-state index is 12.2. The number of aromatic nitrogens is 1. The van der Waals surface area contributed by atoms with Crippen molar-refractivity contribution in [2.45, 2.75) is 26.7 Å². The lowest BCUT2D eigenvalue weighted by Gasteiger charge is -2.09. The molecule has 4 nitrogen and oxygen atoms in total. The first-order valence-corrected chi connectivity index (χ1v) is 8.10. The summed E-state index contributed by atoms with van der Waals surface area (Å²) in [5.41, 5.74) is 1.51. The van der Waals surface area contributed by atoms with Crippen molar-refractivity contribution in [3.63, 3.8) is 0 Å². The zero-order chi connectivity index (χ0) is 15.1. The minimum absolute atomic E-state index is 0.0448. The van der Waals surface area contributed by atoms with Crippen molar-refractivity contribution in [3.8, 4) is 0 Å². The summed E-state index contributed by atoms with van der Waals surface area (Å²) in [5, 5.41) is 8.23. The molecule has 0 atom stereocenters. The van der Waals surface area contributed by atoms with Crippen LogP contribution in [0.1, 0.15) is 34.3 Å². The lowest BCUT2D eigenvalue weighted by atomic mass is 10.2. The molecule has 0 unspecified atom stereocenters. The Balaban J connectivity index is 1.93. The largest absolute Gasteiger partial charge is 0.370 e. The fraction of sp³-hybridized carbons (Fsp3) is 0.375. The van der Waals surface area contributed by atoms with Crippen molar-refractivity contribution in [3.05, 3.63) is 45.8 Å². The molecule has 0 saturated carbocycles. The summed E-state index contributed by atoms with van der Waals surface area (Å²) in [6.45, 7) is 5.51. The predicted molar refractivity (Wildman–Crippen MR) is 88.1 cm³/mol. The fourth-order valence-electron chi connectivity index (χ4n) is 2.00. The number of carbonyl (C=O) groups excluding carboxylic acids is 1. The van der Waals surface area contributed by atoms with Gasteiger partial charge in [-0.3, -0.25) is 4.79 Å². The van der Waals surface area contributed by atoms with Gasteiger partial charge < -0.3 is 10.6 Å². The molecule has 0 aliphatic carbocycles. The summed E-state index contributed by atoms with van der Waals surface area (Å²) in [7, 11) is 0. The average Bonchev–Trinajstić information content (AvgIpc) is 2.97. The quantitative estimate of drug-likeness (QED) is 0.825.